The van der Waals surface area contributed by atoms with Crippen LogP contribution >= 0.6 is 0 Å². The fourth-order valence-corrected chi connectivity index (χ4v) is 2.97. The third kappa shape index (κ3) is 4.12. The van der Waals surface area contributed by atoms with Crippen LogP contribution in [0.2, 0.25) is 0 Å². The van der Waals surface area contributed by atoms with Gasteiger partial charge in [0.15, 0.2) is 0 Å². The van der Waals surface area contributed by atoms with Gasteiger partial charge in [0.2, 0.25) is 11.8 Å². The van der Waals surface area contributed by atoms with Crippen molar-refractivity contribution in [3.63, 3.8) is 0 Å². The van der Waals surface area contributed by atoms with E-state index in [4.69, 9.17) is 0 Å². The van der Waals surface area contributed by atoms with Crippen LogP contribution in [0.1, 0.15) is 44.7 Å². The third-order valence-corrected chi connectivity index (χ3v) is 4.58. The summed E-state index contributed by atoms with van der Waals surface area (Å²) in [7, 11) is 0. The van der Waals surface area contributed by atoms with Crippen LogP contribution in [0, 0.1) is 25.2 Å². The van der Waals surface area contributed by atoms with E-state index in [1.165, 1.54) is 0 Å². The number of hydrogen-bond donors (Lipinski definition) is 1. The second-order valence-electron chi connectivity index (χ2n) is 7.58. The second kappa shape index (κ2) is 6.73. The van der Waals surface area contributed by atoms with Crippen LogP contribution in [-0.2, 0) is 9.59 Å². The Balaban J connectivity index is 2.05. The molecule has 0 unspecified atom stereocenters. The van der Waals surface area contributed by atoms with Crippen molar-refractivity contribution < 1.29 is 9.59 Å². The van der Waals surface area contributed by atoms with E-state index in [0.29, 0.717) is 6.54 Å². The first kappa shape index (κ1) is 17.5. The average molecular weight is 316 g/mol. The summed E-state index contributed by atoms with van der Waals surface area (Å²) in [5, 5.41) is 3.04. The van der Waals surface area contributed by atoms with Crippen LogP contribution in [0.15, 0.2) is 18.2 Å². The van der Waals surface area contributed by atoms with E-state index in [0.717, 1.165) is 36.2 Å². The minimum atomic E-state index is -0.397. The average Bonchev–Trinajstić information content (AvgIpc) is 2.50. The number of piperidine rings is 1. The first-order chi connectivity index (χ1) is 10.7. The van der Waals surface area contributed by atoms with Crippen molar-refractivity contribution in [1.82, 2.24) is 4.90 Å². The quantitative estimate of drug-likeness (QED) is 0.907. The van der Waals surface area contributed by atoms with Gasteiger partial charge in [0.05, 0.1) is 5.92 Å². The number of nitrogens with zero attached hydrogens (tertiary/aromatic N) is 1. The molecular formula is C19H28N2O2. The number of nitrogens with one attached hydrogen (secondary N) is 1. The van der Waals surface area contributed by atoms with E-state index < -0.39 is 5.41 Å². The predicted octanol–water partition coefficient (Wildman–Crippen LogP) is 3.53. The molecule has 126 valence electrons. The standard InChI is InChI=1S/C19H28N2O2/c1-13-8-6-10-16(14(13)2)20-17(22)15-9-7-11-21(12-15)18(23)19(3,4)5/h6,8,10,15H,7,9,11-12H2,1-5H3,(H,20,22)/t15-/m1/s1. The minimum absolute atomic E-state index is 0.0186. The minimum Gasteiger partial charge on any atom is -0.341 e. The maximum Gasteiger partial charge on any atom is 0.229 e. The van der Waals surface area contributed by atoms with Gasteiger partial charge in [-0.1, -0.05) is 32.9 Å². The topological polar surface area (TPSA) is 49.4 Å². The molecule has 1 aliphatic rings. The Kier molecular flexibility index (Phi) is 5.12. The highest BCUT2D eigenvalue weighted by molar-refractivity contribution is 5.94. The van der Waals surface area contributed by atoms with E-state index in [1.54, 1.807) is 0 Å². The van der Waals surface area contributed by atoms with Gasteiger partial charge in [-0.25, -0.2) is 0 Å². The molecule has 2 amide bonds. The lowest BCUT2D eigenvalue weighted by Gasteiger charge is -2.36. The molecular weight excluding hydrogens is 288 g/mol. The molecule has 0 aliphatic carbocycles. The van der Waals surface area contributed by atoms with Crippen molar-refractivity contribution in [2.75, 3.05) is 18.4 Å². The summed E-state index contributed by atoms with van der Waals surface area (Å²) in [5.41, 5.74) is 2.73. The largest absolute Gasteiger partial charge is 0.341 e. The second-order valence-corrected chi connectivity index (χ2v) is 7.58. The smallest absolute Gasteiger partial charge is 0.229 e. The molecule has 1 heterocycles. The van der Waals surface area contributed by atoms with Gasteiger partial charge >= 0.3 is 0 Å². The Morgan fingerprint density at radius 1 is 1.22 bits per heavy atom. The molecule has 2 rings (SSSR count). The molecule has 0 aromatic heterocycles. The van der Waals surface area contributed by atoms with Crippen molar-refractivity contribution in [3.05, 3.63) is 29.3 Å². The monoisotopic (exact) mass is 316 g/mol. The Labute approximate surface area is 139 Å². The molecule has 4 heteroatoms. The normalized spacial score (nSPS) is 18.7. The Bertz CT molecular complexity index is 602. The lowest BCUT2D eigenvalue weighted by molar-refractivity contribution is -0.142. The molecule has 0 radical (unpaired) electrons. The van der Waals surface area contributed by atoms with Crippen molar-refractivity contribution in [1.29, 1.82) is 0 Å². The lowest BCUT2D eigenvalue weighted by atomic mass is 9.91. The molecule has 1 N–H and O–H groups in total. The van der Waals surface area contributed by atoms with Crippen LogP contribution in [0.25, 0.3) is 0 Å². The van der Waals surface area contributed by atoms with Gasteiger partial charge in [-0.2, -0.15) is 0 Å². The summed E-state index contributed by atoms with van der Waals surface area (Å²) in [6.07, 6.45) is 1.72. The zero-order chi connectivity index (χ0) is 17.2. The maximum absolute atomic E-state index is 12.6. The molecule has 23 heavy (non-hydrogen) atoms. The highest BCUT2D eigenvalue weighted by atomic mass is 16.2. The highest BCUT2D eigenvalue weighted by Crippen LogP contribution is 2.25. The van der Waals surface area contributed by atoms with Crippen LogP contribution < -0.4 is 5.32 Å². The molecule has 0 spiro atoms. The van der Waals surface area contributed by atoms with E-state index in [2.05, 4.69) is 5.32 Å². The SMILES string of the molecule is Cc1cccc(NC(=O)[C@@H]2CCCN(C(=O)C(C)(C)C)C2)c1C. The number of aryl methyl sites for hydroxylation is 1. The summed E-state index contributed by atoms with van der Waals surface area (Å²) >= 11 is 0. The fraction of sp³-hybridized carbons (Fsp3) is 0.579. The van der Waals surface area contributed by atoms with E-state index in [9.17, 15) is 9.59 Å². The third-order valence-electron chi connectivity index (χ3n) is 4.58. The zero-order valence-corrected chi connectivity index (χ0v) is 14.9. The molecule has 0 saturated carbocycles. The number of hydrogen-bond acceptors (Lipinski definition) is 2. The highest BCUT2D eigenvalue weighted by Gasteiger charge is 2.33. The van der Waals surface area contributed by atoms with E-state index in [1.807, 2.05) is 57.7 Å². The summed E-state index contributed by atoms with van der Waals surface area (Å²) in [4.78, 5) is 26.9. The molecule has 1 fully saturated rings. The molecule has 1 atom stereocenters. The van der Waals surface area contributed by atoms with Crippen LogP contribution in [0.5, 0.6) is 0 Å². The number of likely N-dealkylation sites (tertiary alicyclic amines) is 1. The van der Waals surface area contributed by atoms with Crippen LogP contribution in [-0.4, -0.2) is 29.8 Å². The predicted molar refractivity (Wildman–Crippen MR) is 93.3 cm³/mol. The van der Waals surface area contributed by atoms with Gasteiger partial charge in [0, 0.05) is 24.2 Å². The zero-order valence-electron chi connectivity index (χ0n) is 14.9. The number of anilines is 1. The van der Waals surface area contributed by atoms with Crippen LogP contribution in [0.4, 0.5) is 5.69 Å². The molecule has 1 aliphatic heterocycles. The van der Waals surface area contributed by atoms with E-state index in [-0.39, 0.29) is 17.7 Å². The van der Waals surface area contributed by atoms with Crippen molar-refractivity contribution in [2.45, 2.75) is 47.5 Å². The van der Waals surface area contributed by atoms with Crippen molar-refractivity contribution in [2.24, 2.45) is 11.3 Å². The first-order valence-corrected chi connectivity index (χ1v) is 8.36. The van der Waals surface area contributed by atoms with E-state index >= 15 is 0 Å². The van der Waals surface area contributed by atoms with Gasteiger partial charge in [-0.3, -0.25) is 9.59 Å². The van der Waals surface area contributed by atoms with Gasteiger partial charge in [-0.05, 0) is 43.9 Å². The summed E-state index contributed by atoms with van der Waals surface area (Å²) in [5.74, 6) is 0.0156. The molecule has 1 aromatic carbocycles. The Hall–Kier alpha value is -1.84. The lowest BCUT2D eigenvalue weighted by Crippen LogP contribution is -2.47. The molecule has 4 nitrogen and oxygen atoms in total. The Morgan fingerprint density at radius 2 is 1.91 bits per heavy atom. The van der Waals surface area contributed by atoms with Crippen molar-refractivity contribution >= 4 is 17.5 Å². The van der Waals surface area contributed by atoms with Gasteiger partial charge in [0.25, 0.3) is 0 Å². The fourth-order valence-electron chi connectivity index (χ4n) is 2.97. The van der Waals surface area contributed by atoms with Gasteiger partial charge in [0.1, 0.15) is 0 Å². The number of rotatable bonds is 2. The number of carbonyl (C=O) groups is 2. The van der Waals surface area contributed by atoms with Gasteiger partial charge in [-0.15, -0.1) is 0 Å². The number of benzene rings is 1. The molecule has 0 bridgehead atoms. The Morgan fingerprint density at radius 3 is 2.57 bits per heavy atom. The number of carbonyl (C=O) groups excluding carboxylic acids is 2. The molecule has 1 saturated heterocycles. The summed E-state index contributed by atoms with van der Waals surface area (Å²) in [6.45, 7) is 11.1. The summed E-state index contributed by atoms with van der Waals surface area (Å²) in [6, 6.07) is 5.92. The summed E-state index contributed by atoms with van der Waals surface area (Å²) < 4.78 is 0. The molecule has 1 aromatic rings. The van der Waals surface area contributed by atoms with Crippen LogP contribution in [0.3, 0.4) is 0 Å². The number of amides is 2. The first-order valence-electron chi connectivity index (χ1n) is 8.36. The maximum atomic E-state index is 12.6. The van der Waals surface area contributed by atoms with Gasteiger partial charge < -0.3 is 10.2 Å². The van der Waals surface area contributed by atoms with Crippen molar-refractivity contribution in [3.8, 4) is 0 Å².